The van der Waals surface area contributed by atoms with Gasteiger partial charge in [-0.15, -0.1) is 8.46 Å². The molecule has 2 aromatic rings. The van der Waals surface area contributed by atoms with Gasteiger partial charge in [-0.05, 0) is 24.3 Å². The predicted octanol–water partition coefficient (Wildman–Crippen LogP) is 3.22. The Bertz CT molecular complexity index is 819. The van der Waals surface area contributed by atoms with Crippen LogP contribution in [-0.4, -0.2) is 28.2 Å². The molecule has 0 aromatic heterocycles. The second kappa shape index (κ2) is 8.10. The molecule has 3 rings (SSSR count). The molecule has 1 aliphatic heterocycles. The zero-order valence-electron chi connectivity index (χ0n) is 13.1. The zero-order chi connectivity index (χ0) is 17.8. The van der Waals surface area contributed by atoms with Gasteiger partial charge in [0.05, 0.1) is 16.9 Å². The Morgan fingerprint density at radius 1 is 1.12 bits per heavy atom. The highest BCUT2D eigenvalue weighted by Crippen LogP contribution is 2.34. The van der Waals surface area contributed by atoms with Crippen molar-refractivity contribution in [2.75, 3.05) is 10.2 Å². The van der Waals surface area contributed by atoms with E-state index in [2.05, 4.69) is 27.7 Å². The molecule has 1 N–H and O–H groups in total. The summed E-state index contributed by atoms with van der Waals surface area (Å²) in [4.78, 5) is 40.6. The highest BCUT2D eigenvalue weighted by atomic mass is 127. The second-order valence-corrected chi connectivity index (χ2v) is 8.55. The van der Waals surface area contributed by atoms with Gasteiger partial charge < -0.3 is 5.32 Å². The van der Waals surface area contributed by atoms with E-state index in [0.717, 1.165) is 4.90 Å². The van der Waals surface area contributed by atoms with Crippen LogP contribution < -0.4 is 10.2 Å². The van der Waals surface area contributed by atoms with Crippen LogP contribution >= 0.6 is 30.8 Å². The summed E-state index contributed by atoms with van der Waals surface area (Å²) in [5.74, 6) is -0.856. The Morgan fingerprint density at radius 3 is 2.52 bits per heavy atom. The Balaban J connectivity index is 1.90. The zero-order valence-corrected chi connectivity index (χ0v) is 16.3. The molecule has 1 radical (unpaired) electrons. The molecule has 1 heterocycles. The second-order valence-electron chi connectivity index (χ2n) is 5.44. The van der Waals surface area contributed by atoms with Gasteiger partial charge in [-0.25, -0.2) is 4.90 Å². The maximum Gasteiger partial charge on any atom is 0.257 e. The first-order valence-electron chi connectivity index (χ1n) is 7.62. The first-order chi connectivity index (χ1) is 12.1. The monoisotopic (exact) mass is 463 g/mol. The van der Waals surface area contributed by atoms with E-state index in [1.165, 1.54) is 0 Å². The third-order valence-electron chi connectivity index (χ3n) is 3.83. The Labute approximate surface area is 161 Å². The number of halogens is 1. The Morgan fingerprint density at radius 2 is 1.80 bits per heavy atom. The van der Waals surface area contributed by atoms with Crippen LogP contribution in [0, 0.1) is 0 Å². The molecular weight excluding hydrogens is 449 g/mol. The topological polar surface area (TPSA) is 66.5 Å². The van der Waals surface area contributed by atoms with E-state index in [4.69, 9.17) is 0 Å². The lowest BCUT2D eigenvalue weighted by Crippen LogP contribution is -2.33. The van der Waals surface area contributed by atoms with Gasteiger partial charge in [0.25, 0.3) is 5.91 Å². The van der Waals surface area contributed by atoms with E-state index in [-0.39, 0.29) is 38.3 Å². The van der Waals surface area contributed by atoms with E-state index < -0.39 is 0 Å². The summed E-state index contributed by atoms with van der Waals surface area (Å²) in [7, 11) is 0.284. The van der Waals surface area contributed by atoms with Crippen LogP contribution in [0.25, 0.3) is 0 Å². The van der Waals surface area contributed by atoms with Gasteiger partial charge in [-0.1, -0.05) is 30.3 Å². The molecule has 5 nitrogen and oxygen atoms in total. The lowest BCUT2D eigenvalue weighted by atomic mass is 10.1. The minimum atomic E-state index is -0.353. The number of anilines is 2. The maximum atomic E-state index is 12.6. The van der Waals surface area contributed by atoms with Crippen LogP contribution in [0.15, 0.2) is 54.6 Å². The summed E-state index contributed by atoms with van der Waals surface area (Å²) in [5.41, 5.74) is 0.970. The summed E-state index contributed by atoms with van der Waals surface area (Å²) < 4.78 is 0. The van der Waals surface area contributed by atoms with Gasteiger partial charge >= 0.3 is 0 Å². The minimum Gasteiger partial charge on any atom is -0.322 e. The van der Waals surface area contributed by atoms with Crippen LogP contribution in [0.3, 0.4) is 0 Å². The van der Waals surface area contributed by atoms with Crippen molar-refractivity contribution in [3.05, 3.63) is 60.2 Å². The Kier molecular flexibility index (Phi) is 5.86. The van der Waals surface area contributed by atoms with Crippen LogP contribution in [0.2, 0.25) is 0 Å². The third kappa shape index (κ3) is 3.93. The summed E-state index contributed by atoms with van der Waals surface area (Å²) in [5, 5.41) is 2.79. The number of hydrogen-bond acceptors (Lipinski definition) is 3. The lowest BCUT2D eigenvalue weighted by molar-refractivity contribution is -0.121. The molecule has 125 valence electrons. The number of para-hydroxylation sites is 2. The number of amides is 3. The average Bonchev–Trinajstić information content (AvgIpc) is 2.90. The molecule has 1 saturated heterocycles. The first kappa shape index (κ1) is 18.1. The molecule has 0 spiro atoms. The van der Waals surface area contributed by atoms with E-state index in [9.17, 15) is 14.4 Å². The van der Waals surface area contributed by atoms with Crippen molar-refractivity contribution in [2.24, 2.45) is 0 Å². The summed E-state index contributed by atoms with van der Waals surface area (Å²) >= 11 is 2.09. The summed E-state index contributed by atoms with van der Waals surface area (Å²) in [6.07, 6.45) is 0.186. The standard InChI is InChI=1S/C17H14BIN2O3P/c19-18-25-14-10-15(22)21(17(14)24)13-9-5-4-8-12(13)16(23)20-11-6-2-1-3-7-11/h1-9,14,25H,10H2,(H,20,23). The molecule has 2 atom stereocenters. The molecule has 2 unspecified atom stereocenters. The van der Waals surface area contributed by atoms with Gasteiger partial charge in [0.1, 0.15) is 0 Å². The predicted molar refractivity (Wildman–Crippen MR) is 110 cm³/mol. The first-order valence-corrected chi connectivity index (χ1v) is 10.0. The van der Waals surface area contributed by atoms with Gasteiger partial charge in [-0.2, -0.15) is 22.4 Å². The average molecular weight is 463 g/mol. The van der Waals surface area contributed by atoms with Gasteiger partial charge in [-0.3, -0.25) is 14.4 Å². The van der Waals surface area contributed by atoms with Crippen molar-refractivity contribution in [1.29, 1.82) is 0 Å². The normalized spacial score (nSPS) is 17.3. The molecule has 8 heteroatoms. The van der Waals surface area contributed by atoms with Crippen molar-refractivity contribution in [3.63, 3.8) is 0 Å². The van der Waals surface area contributed by atoms with Gasteiger partial charge in [0.2, 0.25) is 16.7 Å². The van der Waals surface area contributed by atoms with Crippen molar-refractivity contribution in [1.82, 2.24) is 0 Å². The maximum absolute atomic E-state index is 12.6. The van der Waals surface area contributed by atoms with E-state index in [0.29, 0.717) is 16.9 Å². The third-order valence-corrected chi connectivity index (χ3v) is 5.89. The molecule has 2 aromatic carbocycles. The van der Waals surface area contributed by atoms with Gasteiger partial charge in [0.15, 0.2) is 0 Å². The van der Waals surface area contributed by atoms with Gasteiger partial charge in [0, 0.05) is 12.1 Å². The molecule has 1 aliphatic rings. The smallest absolute Gasteiger partial charge is 0.257 e. The fourth-order valence-electron chi connectivity index (χ4n) is 2.67. The number of rotatable bonds is 5. The van der Waals surface area contributed by atoms with Crippen LogP contribution in [-0.2, 0) is 9.59 Å². The van der Waals surface area contributed by atoms with Crippen LogP contribution in [0.1, 0.15) is 16.8 Å². The van der Waals surface area contributed by atoms with E-state index in [1.807, 2.05) is 23.1 Å². The molecule has 3 amide bonds. The largest absolute Gasteiger partial charge is 0.322 e. The molecule has 0 saturated carbocycles. The van der Waals surface area contributed by atoms with Crippen molar-refractivity contribution in [2.45, 2.75) is 12.1 Å². The summed E-state index contributed by atoms with van der Waals surface area (Å²) in [6, 6.07) is 15.7. The number of hydrogen-bond donors (Lipinski definition) is 1. The highest BCUT2D eigenvalue weighted by molar-refractivity contribution is 14.1. The number of benzene rings is 2. The van der Waals surface area contributed by atoms with Crippen LogP contribution in [0.5, 0.6) is 0 Å². The van der Waals surface area contributed by atoms with Crippen molar-refractivity contribution in [3.8, 4) is 0 Å². The minimum absolute atomic E-state index is 0.186. The SMILES string of the molecule is O=C(Nc1ccccc1)c1ccccc1N1C(=O)CC(P[B]I)C1=O. The fourth-order valence-corrected chi connectivity index (χ4v) is 4.69. The molecule has 1 fully saturated rings. The fraction of sp³-hybridized carbons (Fsp3) is 0.118. The summed E-state index contributed by atoms with van der Waals surface area (Å²) in [6.45, 7) is 0. The van der Waals surface area contributed by atoms with E-state index in [1.54, 1.807) is 36.4 Å². The lowest BCUT2D eigenvalue weighted by Gasteiger charge is -2.18. The van der Waals surface area contributed by atoms with E-state index >= 15 is 0 Å². The molecule has 25 heavy (non-hydrogen) atoms. The Hall–Kier alpha value is -1.73. The molecule has 0 aliphatic carbocycles. The number of nitrogens with zero attached hydrogens (tertiary/aromatic N) is 1. The number of carbonyl (C=O) groups is 3. The molecular formula is C17H14BIN2O3P. The van der Waals surface area contributed by atoms with Crippen molar-refractivity contribution < 1.29 is 14.4 Å². The number of carbonyl (C=O) groups excluding carboxylic acids is 3. The number of nitrogens with one attached hydrogen (secondary N) is 1. The van der Waals surface area contributed by atoms with Crippen molar-refractivity contribution >= 4 is 64.8 Å². The quantitative estimate of drug-likeness (QED) is 0.321. The van der Waals surface area contributed by atoms with Crippen LogP contribution in [0.4, 0.5) is 11.4 Å². The molecule has 0 bridgehead atoms. The number of imide groups is 1. The highest BCUT2D eigenvalue weighted by Gasteiger charge is 2.40.